The Morgan fingerprint density at radius 1 is 1.41 bits per heavy atom. The molecule has 1 fully saturated rings. The van der Waals surface area contributed by atoms with E-state index in [1.165, 1.54) is 0 Å². The maximum absolute atomic E-state index is 11.7. The summed E-state index contributed by atoms with van der Waals surface area (Å²) in [7, 11) is 0. The topological polar surface area (TPSA) is 64.6 Å². The van der Waals surface area contributed by atoms with Crippen molar-refractivity contribution in [1.29, 1.82) is 0 Å². The van der Waals surface area contributed by atoms with Gasteiger partial charge in [0.05, 0.1) is 0 Å². The molecule has 5 nitrogen and oxygen atoms in total. The van der Waals surface area contributed by atoms with E-state index in [4.69, 9.17) is 9.47 Å². The van der Waals surface area contributed by atoms with Gasteiger partial charge in [0.1, 0.15) is 12.7 Å². The summed E-state index contributed by atoms with van der Waals surface area (Å²) < 4.78 is 9.89. The van der Waals surface area contributed by atoms with Crippen molar-refractivity contribution in [2.45, 2.75) is 25.7 Å². The number of cyclic esters (lactones) is 1. The van der Waals surface area contributed by atoms with Crippen LogP contribution in [0.1, 0.15) is 12.5 Å². The second-order valence-corrected chi connectivity index (χ2v) is 3.83. The van der Waals surface area contributed by atoms with Crippen LogP contribution in [-0.4, -0.2) is 24.2 Å². The van der Waals surface area contributed by atoms with Gasteiger partial charge in [-0.05, 0) is 12.5 Å². The van der Waals surface area contributed by atoms with E-state index in [0.29, 0.717) is 0 Å². The Bertz CT molecular complexity index is 418. The lowest BCUT2D eigenvalue weighted by atomic mass is 10.2. The molecular formula is C12H13NO4. The van der Waals surface area contributed by atoms with Gasteiger partial charge in [0, 0.05) is 0 Å². The molecule has 1 saturated heterocycles. The Morgan fingerprint density at radius 2 is 2.12 bits per heavy atom. The standard InChI is InChI=1S/C12H13NO4/c1-8-10(13-12(15)17-8)11(14)16-7-9-5-3-2-4-6-9/h2-6,8,10H,7H2,1H3,(H,13,15)/t8-,10+/m1/s1/i1+1,8+1,10+1,11+1,13+1. The highest BCUT2D eigenvalue weighted by atomic mass is 16.7. The number of hydrogen-bond acceptors (Lipinski definition) is 4. The molecule has 5 heteroatoms. The van der Waals surface area contributed by atoms with Crippen LogP contribution in [0.3, 0.4) is 0 Å². The number of rotatable bonds is 3. The molecule has 1 heterocycles. The van der Waals surface area contributed by atoms with E-state index in [1.807, 2.05) is 30.3 Å². The van der Waals surface area contributed by atoms with E-state index in [9.17, 15) is 9.59 Å². The molecule has 2 atom stereocenters. The van der Waals surface area contributed by atoms with Gasteiger partial charge in [0.2, 0.25) is 0 Å². The summed E-state index contributed by atoms with van der Waals surface area (Å²) in [4.78, 5) is 22.6. The molecule has 0 unspecified atom stereocenters. The lowest BCUT2D eigenvalue weighted by Crippen LogP contribution is -2.39. The molecule has 0 aliphatic carbocycles. The van der Waals surface area contributed by atoms with Crippen LogP contribution in [0.2, 0.25) is 0 Å². The first kappa shape index (κ1) is 11.4. The fourth-order valence-electron chi connectivity index (χ4n) is 1.58. The smallest absolute Gasteiger partial charge is 0.408 e. The van der Waals surface area contributed by atoms with Crippen LogP contribution < -0.4 is 5.32 Å². The summed E-state index contributed by atoms with van der Waals surface area (Å²) in [5.74, 6) is -0.479. The molecule has 1 aromatic rings. The molecule has 0 saturated carbocycles. The molecule has 17 heavy (non-hydrogen) atoms. The van der Waals surface area contributed by atoms with E-state index >= 15 is 0 Å². The minimum atomic E-state index is -0.716. The highest BCUT2D eigenvalue weighted by Crippen LogP contribution is 2.10. The fraction of sp³-hybridized carbons (Fsp3) is 0.333. The van der Waals surface area contributed by atoms with Crippen LogP contribution in [0.25, 0.3) is 0 Å². The lowest BCUT2D eigenvalue weighted by Gasteiger charge is -2.11. The average molecular weight is 240 g/mol. The summed E-state index contributed by atoms with van der Waals surface area (Å²) in [5, 5.41) is 2.40. The van der Waals surface area contributed by atoms with Crippen molar-refractivity contribution in [3.05, 3.63) is 35.9 Å². The molecule has 1 aliphatic rings. The van der Waals surface area contributed by atoms with Crippen LogP contribution in [0, 0.1) is 0 Å². The first-order valence-corrected chi connectivity index (χ1v) is 5.34. The van der Waals surface area contributed by atoms with E-state index in [0.717, 1.165) is 5.56 Å². The minimum Gasteiger partial charge on any atom is -0.459 e. The van der Waals surface area contributed by atoms with Crippen molar-refractivity contribution >= 4 is 12.1 Å². The van der Waals surface area contributed by atoms with Crippen molar-refractivity contribution in [3.63, 3.8) is 0 Å². The minimum absolute atomic E-state index is 0.193. The quantitative estimate of drug-likeness (QED) is 0.490. The first-order chi connectivity index (χ1) is 8.16. The van der Waals surface area contributed by atoms with Gasteiger partial charge in [-0.3, -0.25) is 0 Å². The van der Waals surface area contributed by atoms with Gasteiger partial charge in [-0.25, -0.2) is 9.59 Å². The highest BCUT2D eigenvalue weighted by molar-refractivity contribution is 5.84. The number of ether oxygens (including phenoxy) is 2. The summed E-state index contributed by atoms with van der Waals surface area (Å²) in [5.41, 5.74) is 0.902. The van der Waals surface area contributed by atoms with Crippen molar-refractivity contribution in [2.75, 3.05) is 0 Å². The molecule has 0 spiro atoms. The molecule has 1 amide bonds. The molecule has 0 bridgehead atoms. The van der Waals surface area contributed by atoms with Crippen molar-refractivity contribution in [2.24, 2.45) is 0 Å². The molecule has 90 valence electrons. The zero-order valence-electron chi connectivity index (χ0n) is 9.38. The van der Waals surface area contributed by atoms with Gasteiger partial charge in [-0.15, -0.1) is 0 Å². The molecular weight excluding hydrogens is 227 g/mol. The van der Waals surface area contributed by atoms with Gasteiger partial charge < -0.3 is 14.8 Å². The third-order valence-corrected chi connectivity index (χ3v) is 2.51. The Labute approximate surface area is 98.7 Å². The third kappa shape index (κ3) is 2.75. The summed E-state index contributed by atoms with van der Waals surface area (Å²) in [6, 6.07) is 8.63. The van der Waals surface area contributed by atoms with Gasteiger partial charge in [0.15, 0.2) is 6.04 Å². The summed E-state index contributed by atoms with van der Waals surface area (Å²) in [6.07, 6.45) is -1.08. The molecule has 0 aromatic heterocycles. The molecule has 1 aliphatic heterocycles. The highest BCUT2D eigenvalue weighted by Gasteiger charge is 2.37. The molecule has 1 N–H and O–H groups in total. The van der Waals surface area contributed by atoms with Crippen molar-refractivity contribution in [1.82, 2.24) is 5.32 Å². The zero-order valence-corrected chi connectivity index (χ0v) is 9.38. The van der Waals surface area contributed by atoms with E-state index in [-0.39, 0.29) is 6.61 Å². The monoisotopic (exact) mass is 240 g/mol. The Balaban J connectivity index is 1.88. The van der Waals surface area contributed by atoms with Crippen LogP contribution in [0.15, 0.2) is 30.3 Å². The molecule has 2 rings (SSSR count). The number of carbonyl (C=O) groups is 2. The number of amides is 1. The lowest BCUT2D eigenvalue weighted by molar-refractivity contribution is -0.148. The number of carbonyl (C=O) groups excluding carboxylic acids is 2. The van der Waals surface area contributed by atoms with Gasteiger partial charge in [-0.2, -0.15) is 0 Å². The van der Waals surface area contributed by atoms with Crippen LogP contribution in [-0.2, 0) is 20.9 Å². The van der Waals surface area contributed by atoms with Gasteiger partial charge in [0.25, 0.3) is 0 Å². The third-order valence-electron chi connectivity index (χ3n) is 2.51. The molecule has 1 aromatic carbocycles. The SMILES string of the molecule is [13CH3][13C@H]1OC(=O)[15NH][13C@@H]1[13C](=O)OCc1ccccc1. The molecule has 0 radical (unpaired) electrons. The maximum atomic E-state index is 11.7. The Hall–Kier alpha value is -2.04. The van der Waals surface area contributed by atoms with Crippen LogP contribution in [0.5, 0.6) is 0 Å². The van der Waals surface area contributed by atoms with Crippen LogP contribution in [0.4, 0.5) is 4.79 Å². The number of nitrogens with one attached hydrogen (secondary N) is 1. The number of alkyl carbamates (subject to hydrolysis) is 1. The number of hydrogen-bond donors (Lipinski definition) is 1. The Morgan fingerprint density at radius 3 is 2.71 bits per heavy atom. The van der Waals surface area contributed by atoms with Crippen molar-refractivity contribution in [3.8, 4) is 0 Å². The second kappa shape index (κ2) is 4.86. The van der Waals surface area contributed by atoms with Crippen LogP contribution >= 0.6 is 0 Å². The summed E-state index contributed by atoms with van der Waals surface area (Å²) in [6.45, 7) is 1.84. The fourth-order valence-corrected chi connectivity index (χ4v) is 1.58. The van der Waals surface area contributed by atoms with E-state index in [1.54, 1.807) is 6.92 Å². The Kier molecular flexibility index (Phi) is 3.27. The van der Waals surface area contributed by atoms with Crippen molar-refractivity contribution < 1.29 is 19.1 Å². The first-order valence-electron chi connectivity index (χ1n) is 5.34. The van der Waals surface area contributed by atoms with Gasteiger partial charge in [-0.1, -0.05) is 30.3 Å². The van der Waals surface area contributed by atoms with Gasteiger partial charge >= 0.3 is 12.1 Å². The normalized spacial score (nSPS) is 22.8. The summed E-state index contributed by atoms with van der Waals surface area (Å²) >= 11 is 0. The average Bonchev–Trinajstić information content (AvgIpc) is 2.67. The van der Waals surface area contributed by atoms with E-state index in [2.05, 4.69) is 5.32 Å². The number of benzene rings is 1. The second-order valence-electron chi connectivity index (χ2n) is 3.83. The number of esters is 1. The predicted molar refractivity (Wildman–Crippen MR) is 59.1 cm³/mol. The zero-order chi connectivity index (χ0) is 12.3. The maximum Gasteiger partial charge on any atom is 0.408 e. The predicted octanol–water partition coefficient (Wildman–Crippen LogP) is 1.23. The largest absolute Gasteiger partial charge is 0.459 e. The van der Waals surface area contributed by atoms with E-state index < -0.39 is 24.2 Å².